The second kappa shape index (κ2) is 8.61. The van der Waals surface area contributed by atoms with Crippen LogP contribution < -0.4 is 5.32 Å². The third-order valence-corrected chi connectivity index (χ3v) is 6.54. The van der Waals surface area contributed by atoms with Crippen LogP contribution in [0.25, 0.3) is 0 Å². The Bertz CT molecular complexity index is 920. The smallest absolute Gasteiger partial charge is 0.243 e. The third kappa shape index (κ3) is 5.11. The van der Waals surface area contributed by atoms with Crippen molar-refractivity contribution in [1.29, 1.82) is 0 Å². The van der Waals surface area contributed by atoms with E-state index in [9.17, 15) is 13.2 Å². The fraction of sp³-hybridized carbons (Fsp3) is 0.350. The minimum absolute atomic E-state index is 0.148. The normalized spacial score (nSPS) is 20.7. The van der Waals surface area contributed by atoms with Gasteiger partial charge in [-0.15, -0.1) is 0 Å². The first kappa shape index (κ1) is 20.8. The number of halogens is 1. The van der Waals surface area contributed by atoms with E-state index in [-0.39, 0.29) is 29.4 Å². The Morgan fingerprint density at radius 1 is 1.07 bits per heavy atom. The van der Waals surface area contributed by atoms with Crippen LogP contribution in [0.5, 0.6) is 0 Å². The van der Waals surface area contributed by atoms with Gasteiger partial charge < -0.3 is 10.1 Å². The number of hydrogen-bond donors (Lipinski definition) is 1. The van der Waals surface area contributed by atoms with Crippen LogP contribution in [0.2, 0.25) is 5.02 Å². The number of hydrogen-bond acceptors (Lipinski definition) is 4. The van der Waals surface area contributed by atoms with Gasteiger partial charge in [-0.1, -0.05) is 23.7 Å². The number of nitrogens with zero attached hydrogens (tertiary/aromatic N) is 1. The molecule has 2 unspecified atom stereocenters. The van der Waals surface area contributed by atoms with Crippen LogP contribution in [-0.2, 0) is 26.0 Å². The van der Waals surface area contributed by atoms with Gasteiger partial charge in [0.25, 0.3) is 0 Å². The number of morpholine rings is 1. The van der Waals surface area contributed by atoms with Crippen LogP contribution >= 0.6 is 11.6 Å². The fourth-order valence-electron chi connectivity index (χ4n) is 3.18. The highest BCUT2D eigenvalue weighted by molar-refractivity contribution is 7.89. The summed E-state index contributed by atoms with van der Waals surface area (Å²) in [6.07, 6.45) is -0.0873. The largest absolute Gasteiger partial charge is 0.373 e. The Labute approximate surface area is 170 Å². The maximum atomic E-state index is 12.9. The molecular formula is C20H23ClN2O4S. The van der Waals surface area contributed by atoms with Gasteiger partial charge in [0.1, 0.15) is 0 Å². The van der Waals surface area contributed by atoms with E-state index in [1.807, 2.05) is 13.8 Å². The molecule has 1 aliphatic heterocycles. The molecule has 0 saturated carbocycles. The topological polar surface area (TPSA) is 75.7 Å². The van der Waals surface area contributed by atoms with Crippen LogP contribution in [0.4, 0.5) is 5.69 Å². The molecule has 1 amide bonds. The molecule has 1 fully saturated rings. The molecule has 1 N–H and O–H groups in total. The highest BCUT2D eigenvalue weighted by atomic mass is 35.5. The lowest BCUT2D eigenvalue weighted by Gasteiger charge is -2.34. The van der Waals surface area contributed by atoms with E-state index >= 15 is 0 Å². The number of sulfonamides is 1. The van der Waals surface area contributed by atoms with Gasteiger partial charge in [0.15, 0.2) is 0 Å². The third-order valence-electron chi connectivity index (χ3n) is 4.44. The van der Waals surface area contributed by atoms with Crippen molar-refractivity contribution in [3.63, 3.8) is 0 Å². The number of rotatable bonds is 5. The minimum Gasteiger partial charge on any atom is -0.373 e. The molecule has 2 aromatic rings. The summed E-state index contributed by atoms with van der Waals surface area (Å²) in [6.45, 7) is 4.37. The van der Waals surface area contributed by atoms with Crippen molar-refractivity contribution >= 4 is 33.2 Å². The summed E-state index contributed by atoms with van der Waals surface area (Å²) in [5.41, 5.74) is 1.39. The summed E-state index contributed by atoms with van der Waals surface area (Å²) in [5.74, 6) is -0.186. The summed E-state index contributed by atoms with van der Waals surface area (Å²) in [6, 6.07) is 13.3. The van der Waals surface area contributed by atoms with Gasteiger partial charge in [-0.2, -0.15) is 4.31 Å². The second-order valence-electron chi connectivity index (χ2n) is 6.96. The van der Waals surface area contributed by atoms with E-state index in [0.29, 0.717) is 23.8 Å². The van der Waals surface area contributed by atoms with E-state index in [1.165, 1.54) is 16.4 Å². The Morgan fingerprint density at radius 2 is 1.64 bits per heavy atom. The summed E-state index contributed by atoms with van der Waals surface area (Å²) < 4.78 is 32.8. The van der Waals surface area contributed by atoms with Crippen molar-refractivity contribution in [3.05, 3.63) is 59.1 Å². The van der Waals surface area contributed by atoms with Crippen molar-refractivity contribution in [2.24, 2.45) is 0 Å². The molecule has 1 saturated heterocycles. The SMILES string of the molecule is CC1CN(S(=O)(=O)c2ccc(NC(=O)Cc3ccc(Cl)cc3)cc2)CC(C)O1. The number of ether oxygens (including phenoxy) is 1. The lowest BCUT2D eigenvalue weighted by Crippen LogP contribution is -2.48. The lowest BCUT2D eigenvalue weighted by atomic mass is 10.1. The Balaban J connectivity index is 1.65. The molecule has 3 rings (SSSR count). The lowest BCUT2D eigenvalue weighted by molar-refractivity contribution is -0.115. The zero-order chi connectivity index (χ0) is 20.3. The maximum absolute atomic E-state index is 12.9. The number of carbonyl (C=O) groups is 1. The molecule has 1 heterocycles. The number of nitrogens with one attached hydrogen (secondary N) is 1. The van der Waals surface area contributed by atoms with Crippen molar-refractivity contribution < 1.29 is 17.9 Å². The Hall–Kier alpha value is -1.93. The summed E-state index contributed by atoms with van der Waals surface area (Å²) >= 11 is 5.84. The van der Waals surface area contributed by atoms with Crippen molar-refractivity contribution in [2.75, 3.05) is 18.4 Å². The molecule has 28 heavy (non-hydrogen) atoms. The number of amides is 1. The average Bonchev–Trinajstić information content (AvgIpc) is 2.63. The molecule has 0 aliphatic carbocycles. The van der Waals surface area contributed by atoms with E-state index in [1.54, 1.807) is 36.4 Å². The van der Waals surface area contributed by atoms with Crippen LogP contribution in [0.3, 0.4) is 0 Å². The molecule has 8 heteroatoms. The van der Waals surface area contributed by atoms with Gasteiger partial charge in [-0.05, 0) is 55.8 Å². The van der Waals surface area contributed by atoms with Crippen molar-refractivity contribution in [1.82, 2.24) is 4.31 Å². The zero-order valence-corrected chi connectivity index (χ0v) is 17.3. The molecule has 1 aliphatic rings. The Morgan fingerprint density at radius 3 is 2.21 bits per heavy atom. The van der Waals surface area contributed by atoms with Crippen LogP contribution in [0.15, 0.2) is 53.4 Å². The Kier molecular flexibility index (Phi) is 6.40. The standard InChI is InChI=1S/C20H23ClN2O4S/c1-14-12-23(13-15(2)27-14)28(25,26)19-9-7-18(8-10-19)22-20(24)11-16-3-5-17(21)6-4-16/h3-10,14-15H,11-13H2,1-2H3,(H,22,24). The molecule has 0 aromatic heterocycles. The maximum Gasteiger partial charge on any atom is 0.243 e. The molecule has 0 bridgehead atoms. The van der Waals surface area contributed by atoms with Crippen LogP contribution in [0.1, 0.15) is 19.4 Å². The quantitative estimate of drug-likeness (QED) is 0.801. The molecule has 2 aromatic carbocycles. The first-order chi connectivity index (χ1) is 13.2. The second-order valence-corrected chi connectivity index (χ2v) is 9.33. The van der Waals surface area contributed by atoms with E-state index in [0.717, 1.165) is 5.56 Å². The average molecular weight is 423 g/mol. The van der Waals surface area contributed by atoms with Crippen molar-refractivity contribution in [2.45, 2.75) is 37.4 Å². The first-order valence-corrected chi connectivity index (χ1v) is 10.9. The number of anilines is 1. The highest BCUT2D eigenvalue weighted by Crippen LogP contribution is 2.22. The van der Waals surface area contributed by atoms with Crippen LogP contribution in [0, 0.1) is 0 Å². The van der Waals surface area contributed by atoms with Crippen molar-refractivity contribution in [3.8, 4) is 0 Å². The van der Waals surface area contributed by atoms with Gasteiger partial charge in [0.05, 0.1) is 23.5 Å². The van der Waals surface area contributed by atoms with Crippen LogP contribution in [-0.4, -0.2) is 43.9 Å². The molecule has 0 radical (unpaired) electrons. The van der Waals surface area contributed by atoms with Gasteiger partial charge in [0.2, 0.25) is 15.9 Å². The van der Waals surface area contributed by atoms with Gasteiger partial charge in [-0.25, -0.2) is 8.42 Å². The molecule has 6 nitrogen and oxygen atoms in total. The number of carbonyl (C=O) groups excluding carboxylic acids is 1. The summed E-state index contributed by atoms with van der Waals surface area (Å²) in [5, 5.41) is 3.39. The van der Waals surface area contributed by atoms with Gasteiger partial charge in [-0.3, -0.25) is 4.79 Å². The monoisotopic (exact) mass is 422 g/mol. The number of benzene rings is 2. The minimum atomic E-state index is -3.60. The van der Waals surface area contributed by atoms with Gasteiger partial charge in [0, 0.05) is 23.8 Å². The zero-order valence-electron chi connectivity index (χ0n) is 15.8. The van der Waals surface area contributed by atoms with E-state index in [2.05, 4.69) is 5.32 Å². The molecular weight excluding hydrogens is 400 g/mol. The predicted octanol–water partition coefficient (Wildman–Crippen LogP) is 3.32. The molecule has 2 atom stereocenters. The summed E-state index contributed by atoms with van der Waals surface area (Å²) in [7, 11) is -3.60. The highest BCUT2D eigenvalue weighted by Gasteiger charge is 2.32. The summed E-state index contributed by atoms with van der Waals surface area (Å²) in [4.78, 5) is 12.4. The fourth-order valence-corrected chi connectivity index (χ4v) is 4.90. The first-order valence-electron chi connectivity index (χ1n) is 9.04. The van der Waals surface area contributed by atoms with E-state index < -0.39 is 10.0 Å². The molecule has 0 spiro atoms. The predicted molar refractivity (Wildman–Crippen MR) is 109 cm³/mol. The van der Waals surface area contributed by atoms with Gasteiger partial charge >= 0.3 is 0 Å². The molecule has 150 valence electrons. The van der Waals surface area contributed by atoms with E-state index in [4.69, 9.17) is 16.3 Å².